The summed E-state index contributed by atoms with van der Waals surface area (Å²) in [6.07, 6.45) is 6.26. The maximum atomic E-state index is 12.0. The zero-order valence-corrected chi connectivity index (χ0v) is 15.6. The minimum Gasteiger partial charge on any atom is -0.447 e. The molecule has 0 radical (unpaired) electrons. The summed E-state index contributed by atoms with van der Waals surface area (Å²) in [6, 6.07) is 14.9. The molecule has 2 aliphatic rings. The quantitative estimate of drug-likeness (QED) is 0.702. The molecule has 6 nitrogen and oxygen atoms in total. The van der Waals surface area contributed by atoms with Crippen molar-refractivity contribution in [1.82, 2.24) is 14.5 Å². The first-order valence-electron chi connectivity index (χ1n) is 9.62. The Kier molecular flexibility index (Phi) is 4.33. The standard InChI is InChI=1S/C22H22N4O2/c27-22-26(12-13-28-22)21-3-1-2-18-15-24(10-8-20(18)21)14-17-4-6-19(7-5-17)25-11-9-23-16-25/h1-7,9,11,16H,8,10,12-15H2. The molecule has 3 aromatic rings. The lowest BCUT2D eigenvalue weighted by molar-refractivity contribution is 0.181. The summed E-state index contributed by atoms with van der Waals surface area (Å²) in [6.45, 7) is 3.91. The zero-order chi connectivity index (χ0) is 18.9. The lowest BCUT2D eigenvalue weighted by Crippen LogP contribution is -2.32. The molecule has 1 fully saturated rings. The van der Waals surface area contributed by atoms with E-state index in [0.29, 0.717) is 13.2 Å². The summed E-state index contributed by atoms with van der Waals surface area (Å²) in [5.41, 5.74) is 6.02. The van der Waals surface area contributed by atoms with Crippen molar-refractivity contribution in [3.05, 3.63) is 77.9 Å². The van der Waals surface area contributed by atoms with Crippen LogP contribution in [0.3, 0.4) is 0 Å². The highest BCUT2D eigenvalue weighted by Gasteiger charge is 2.28. The predicted molar refractivity (Wildman–Crippen MR) is 107 cm³/mol. The van der Waals surface area contributed by atoms with Gasteiger partial charge in [-0.2, -0.15) is 0 Å². The highest BCUT2D eigenvalue weighted by Crippen LogP contribution is 2.31. The molecule has 3 heterocycles. The summed E-state index contributed by atoms with van der Waals surface area (Å²) in [5.74, 6) is 0. The molecule has 0 spiro atoms. The van der Waals surface area contributed by atoms with Crippen LogP contribution in [0.15, 0.2) is 61.2 Å². The average Bonchev–Trinajstić information content (AvgIpc) is 3.40. The summed E-state index contributed by atoms with van der Waals surface area (Å²) < 4.78 is 7.12. The second-order valence-corrected chi connectivity index (χ2v) is 7.28. The highest BCUT2D eigenvalue weighted by atomic mass is 16.6. The van der Waals surface area contributed by atoms with Gasteiger partial charge in [-0.1, -0.05) is 24.3 Å². The van der Waals surface area contributed by atoms with Gasteiger partial charge in [0, 0.05) is 37.7 Å². The molecule has 2 aliphatic heterocycles. The smallest absolute Gasteiger partial charge is 0.414 e. The number of cyclic esters (lactones) is 1. The first kappa shape index (κ1) is 17.0. The van der Waals surface area contributed by atoms with Crippen molar-refractivity contribution in [1.29, 1.82) is 0 Å². The number of rotatable bonds is 4. The number of benzene rings is 2. The van der Waals surface area contributed by atoms with Crippen LogP contribution in [0.1, 0.15) is 16.7 Å². The Morgan fingerprint density at radius 2 is 1.96 bits per heavy atom. The molecule has 0 unspecified atom stereocenters. The molecule has 28 heavy (non-hydrogen) atoms. The number of anilines is 1. The fourth-order valence-corrected chi connectivity index (χ4v) is 4.09. The van der Waals surface area contributed by atoms with Crippen LogP contribution >= 0.6 is 0 Å². The molecule has 0 N–H and O–H groups in total. The third kappa shape index (κ3) is 3.16. The number of amides is 1. The van der Waals surface area contributed by atoms with Crippen molar-refractivity contribution in [3.8, 4) is 5.69 Å². The van der Waals surface area contributed by atoms with Gasteiger partial charge < -0.3 is 9.30 Å². The second-order valence-electron chi connectivity index (χ2n) is 7.28. The molecule has 0 bridgehead atoms. The summed E-state index contributed by atoms with van der Waals surface area (Å²) in [4.78, 5) is 20.3. The Bertz CT molecular complexity index is 982. The number of hydrogen-bond donors (Lipinski definition) is 0. The van der Waals surface area contributed by atoms with Crippen LogP contribution < -0.4 is 4.90 Å². The highest BCUT2D eigenvalue weighted by molar-refractivity contribution is 5.90. The van der Waals surface area contributed by atoms with Crippen LogP contribution in [0.5, 0.6) is 0 Å². The van der Waals surface area contributed by atoms with Gasteiger partial charge in [0.05, 0.1) is 18.6 Å². The molecule has 0 saturated carbocycles. The SMILES string of the molecule is O=C1OCCN1c1cccc2c1CCN(Cc1ccc(-n3ccnc3)cc1)C2. The number of nitrogens with zero attached hydrogens (tertiary/aromatic N) is 4. The van der Waals surface area contributed by atoms with Crippen LogP contribution in [0.2, 0.25) is 0 Å². The van der Waals surface area contributed by atoms with Gasteiger partial charge in [-0.15, -0.1) is 0 Å². The number of carbonyl (C=O) groups is 1. The molecule has 1 amide bonds. The number of carbonyl (C=O) groups excluding carboxylic acids is 1. The Labute approximate surface area is 164 Å². The molecule has 142 valence electrons. The first-order chi connectivity index (χ1) is 13.8. The zero-order valence-electron chi connectivity index (χ0n) is 15.6. The van der Waals surface area contributed by atoms with Crippen molar-refractivity contribution in [3.63, 3.8) is 0 Å². The Hall–Kier alpha value is -3.12. The van der Waals surface area contributed by atoms with E-state index in [0.717, 1.165) is 37.4 Å². The molecule has 0 atom stereocenters. The van der Waals surface area contributed by atoms with Gasteiger partial charge in [-0.3, -0.25) is 9.80 Å². The van der Waals surface area contributed by atoms with Crippen molar-refractivity contribution >= 4 is 11.8 Å². The molecule has 6 heteroatoms. The molecule has 0 aliphatic carbocycles. The van der Waals surface area contributed by atoms with Crippen molar-refractivity contribution in [2.24, 2.45) is 0 Å². The van der Waals surface area contributed by atoms with Crippen molar-refractivity contribution in [2.75, 3.05) is 24.6 Å². The number of fused-ring (bicyclic) bond motifs is 1. The lowest BCUT2D eigenvalue weighted by atomic mass is 9.96. The number of hydrogen-bond acceptors (Lipinski definition) is 4. The van der Waals surface area contributed by atoms with Gasteiger partial charge in [0.15, 0.2) is 0 Å². The molecule has 2 aromatic carbocycles. The fourth-order valence-electron chi connectivity index (χ4n) is 4.09. The Morgan fingerprint density at radius 1 is 1.07 bits per heavy atom. The fraction of sp³-hybridized carbons (Fsp3) is 0.273. The predicted octanol–water partition coefficient (Wildman–Crippen LogP) is 3.39. The minimum atomic E-state index is -0.228. The first-order valence-corrected chi connectivity index (χ1v) is 9.62. The molecule has 5 rings (SSSR count). The van der Waals surface area contributed by atoms with E-state index in [2.05, 4.69) is 40.2 Å². The van der Waals surface area contributed by atoms with Crippen molar-refractivity contribution in [2.45, 2.75) is 19.5 Å². The largest absolute Gasteiger partial charge is 0.447 e. The number of imidazole rings is 1. The second kappa shape index (κ2) is 7.13. The van der Waals surface area contributed by atoms with Gasteiger partial charge >= 0.3 is 6.09 Å². The molecule has 1 aromatic heterocycles. The van der Waals surface area contributed by atoms with Gasteiger partial charge in [-0.25, -0.2) is 9.78 Å². The van der Waals surface area contributed by atoms with Gasteiger partial charge in [0.1, 0.15) is 6.61 Å². The van der Waals surface area contributed by atoms with E-state index < -0.39 is 0 Å². The van der Waals surface area contributed by atoms with E-state index >= 15 is 0 Å². The lowest BCUT2D eigenvalue weighted by Gasteiger charge is -2.31. The van der Waals surface area contributed by atoms with Crippen LogP contribution in [0.4, 0.5) is 10.5 Å². The topological polar surface area (TPSA) is 50.6 Å². The van der Waals surface area contributed by atoms with Crippen molar-refractivity contribution < 1.29 is 9.53 Å². The summed E-state index contributed by atoms with van der Waals surface area (Å²) in [5, 5.41) is 0. The van der Waals surface area contributed by atoms with Gasteiger partial charge in [0.25, 0.3) is 0 Å². The van der Waals surface area contributed by atoms with Gasteiger partial charge in [0.2, 0.25) is 0 Å². The van der Waals surface area contributed by atoms with E-state index in [1.54, 1.807) is 11.1 Å². The van der Waals surface area contributed by atoms with Gasteiger partial charge in [-0.05, 0) is 41.3 Å². The minimum absolute atomic E-state index is 0.228. The number of aromatic nitrogens is 2. The third-order valence-corrected chi connectivity index (χ3v) is 5.52. The Balaban J connectivity index is 1.30. The van der Waals surface area contributed by atoms with Crippen LogP contribution in [0, 0.1) is 0 Å². The van der Waals surface area contributed by atoms with Crippen LogP contribution in [-0.4, -0.2) is 40.2 Å². The van der Waals surface area contributed by atoms with E-state index in [-0.39, 0.29) is 6.09 Å². The number of ether oxygens (including phenoxy) is 1. The van der Waals surface area contributed by atoms with E-state index in [1.807, 2.05) is 29.2 Å². The summed E-state index contributed by atoms with van der Waals surface area (Å²) >= 11 is 0. The van der Waals surface area contributed by atoms with Crippen LogP contribution in [-0.2, 0) is 24.2 Å². The molecular formula is C22H22N4O2. The molecular weight excluding hydrogens is 352 g/mol. The molecule has 1 saturated heterocycles. The van der Waals surface area contributed by atoms with Crippen LogP contribution in [0.25, 0.3) is 5.69 Å². The van der Waals surface area contributed by atoms with E-state index in [4.69, 9.17) is 4.74 Å². The van der Waals surface area contributed by atoms with E-state index in [1.165, 1.54) is 16.7 Å². The maximum absolute atomic E-state index is 12.0. The third-order valence-electron chi connectivity index (χ3n) is 5.52. The normalized spacial score (nSPS) is 16.9. The average molecular weight is 374 g/mol. The monoisotopic (exact) mass is 374 g/mol. The Morgan fingerprint density at radius 3 is 2.71 bits per heavy atom. The maximum Gasteiger partial charge on any atom is 0.414 e. The summed E-state index contributed by atoms with van der Waals surface area (Å²) in [7, 11) is 0. The van der Waals surface area contributed by atoms with E-state index in [9.17, 15) is 4.79 Å².